The predicted molar refractivity (Wildman–Crippen MR) is 77.2 cm³/mol. The molecule has 0 saturated heterocycles. The molecule has 1 saturated carbocycles. The number of nitrogens with zero attached hydrogens (tertiary/aromatic N) is 2. The van der Waals surface area contributed by atoms with Crippen molar-refractivity contribution < 1.29 is 0 Å². The molecule has 1 fully saturated rings. The maximum atomic E-state index is 6.16. The van der Waals surface area contributed by atoms with Crippen molar-refractivity contribution in [3.05, 3.63) is 44.6 Å². The zero-order chi connectivity index (χ0) is 12.7. The third kappa shape index (κ3) is 2.27. The van der Waals surface area contributed by atoms with Crippen molar-refractivity contribution in [1.82, 2.24) is 9.97 Å². The first-order valence-electron chi connectivity index (χ1n) is 5.64. The average Bonchev–Trinajstić information content (AvgIpc) is 3.17. The second-order valence-electron chi connectivity index (χ2n) is 4.29. The molecule has 18 heavy (non-hydrogen) atoms. The van der Waals surface area contributed by atoms with Crippen LogP contribution in [-0.2, 0) is 0 Å². The van der Waals surface area contributed by atoms with E-state index in [1.54, 1.807) is 0 Å². The summed E-state index contributed by atoms with van der Waals surface area (Å²) in [4.78, 5) is 8.90. The lowest BCUT2D eigenvalue weighted by molar-refractivity contribution is 0.980. The maximum Gasteiger partial charge on any atom is 0.162 e. The Morgan fingerprint density at radius 3 is 2.50 bits per heavy atom. The largest absolute Gasteiger partial charge is 0.231 e. The highest BCUT2D eigenvalue weighted by atomic mass is 79.9. The normalized spacial score (nSPS) is 14.8. The molecule has 0 spiro atoms. The number of benzene rings is 1. The highest BCUT2D eigenvalue weighted by Gasteiger charge is 2.29. The van der Waals surface area contributed by atoms with E-state index in [2.05, 4.69) is 25.9 Å². The smallest absolute Gasteiger partial charge is 0.162 e. The van der Waals surface area contributed by atoms with Gasteiger partial charge in [-0.15, -0.1) is 0 Å². The van der Waals surface area contributed by atoms with Crippen molar-refractivity contribution in [3.8, 4) is 11.4 Å². The van der Waals surface area contributed by atoms with Gasteiger partial charge < -0.3 is 0 Å². The standard InChI is InChI=1S/C13H9BrCl2N2/c14-10-11(7-5-6-7)17-13(18-12(10)16)8-3-1-2-4-9(8)15/h1-4,7H,5-6H2. The van der Waals surface area contributed by atoms with Gasteiger partial charge in [-0.25, -0.2) is 9.97 Å². The molecule has 2 nitrogen and oxygen atoms in total. The molecular formula is C13H9BrCl2N2. The Kier molecular flexibility index (Phi) is 3.31. The first-order valence-corrected chi connectivity index (χ1v) is 7.19. The van der Waals surface area contributed by atoms with E-state index in [1.807, 2.05) is 24.3 Å². The van der Waals surface area contributed by atoms with E-state index in [4.69, 9.17) is 23.2 Å². The molecule has 1 heterocycles. The van der Waals surface area contributed by atoms with E-state index in [0.717, 1.165) is 28.6 Å². The summed E-state index contributed by atoms with van der Waals surface area (Å²) in [5, 5.41) is 1.08. The summed E-state index contributed by atoms with van der Waals surface area (Å²) in [7, 11) is 0. The first-order chi connectivity index (χ1) is 8.66. The quantitative estimate of drug-likeness (QED) is 0.709. The van der Waals surface area contributed by atoms with Crippen LogP contribution in [0.15, 0.2) is 28.7 Å². The molecular weight excluding hydrogens is 335 g/mol. The number of aromatic nitrogens is 2. The van der Waals surface area contributed by atoms with Gasteiger partial charge >= 0.3 is 0 Å². The Morgan fingerprint density at radius 2 is 1.83 bits per heavy atom. The second-order valence-corrected chi connectivity index (χ2v) is 5.85. The van der Waals surface area contributed by atoms with Gasteiger partial charge in [0.15, 0.2) is 5.82 Å². The van der Waals surface area contributed by atoms with Crippen LogP contribution in [0.5, 0.6) is 0 Å². The fraction of sp³-hybridized carbons (Fsp3) is 0.231. The van der Waals surface area contributed by atoms with Crippen LogP contribution in [0.3, 0.4) is 0 Å². The molecule has 92 valence electrons. The van der Waals surface area contributed by atoms with E-state index >= 15 is 0 Å². The number of halogens is 3. The Balaban J connectivity index is 2.16. The van der Waals surface area contributed by atoms with Crippen LogP contribution in [0.1, 0.15) is 24.5 Å². The van der Waals surface area contributed by atoms with E-state index in [1.165, 1.54) is 0 Å². The molecule has 0 aliphatic heterocycles. The number of hydrogen-bond donors (Lipinski definition) is 0. The minimum atomic E-state index is 0.446. The monoisotopic (exact) mass is 342 g/mol. The molecule has 1 aromatic carbocycles. The Bertz CT molecular complexity index is 612. The molecule has 0 radical (unpaired) electrons. The summed E-state index contributed by atoms with van der Waals surface area (Å²) in [6.45, 7) is 0. The van der Waals surface area contributed by atoms with Crippen molar-refractivity contribution in [2.24, 2.45) is 0 Å². The zero-order valence-corrected chi connectivity index (χ0v) is 12.4. The van der Waals surface area contributed by atoms with Crippen LogP contribution in [0.25, 0.3) is 11.4 Å². The van der Waals surface area contributed by atoms with E-state index in [0.29, 0.717) is 21.9 Å². The van der Waals surface area contributed by atoms with Gasteiger partial charge in [-0.05, 0) is 40.9 Å². The van der Waals surface area contributed by atoms with Crippen molar-refractivity contribution in [2.75, 3.05) is 0 Å². The molecule has 2 aromatic rings. The highest BCUT2D eigenvalue weighted by molar-refractivity contribution is 9.10. The molecule has 0 bridgehead atoms. The van der Waals surface area contributed by atoms with E-state index < -0.39 is 0 Å². The van der Waals surface area contributed by atoms with Crippen LogP contribution in [0, 0.1) is 0 Å². The SMILES string of the molecule is Clc1ccccc1-c1nc(Cl)c(Br)c(C2CC2)n1. The van der Waals surface area contributed by atoms with Crippen LogP contribution >= 0.6 is 39.1 Å². The topological polar surface area (TPSA) is 25.8 Å². The van der Waals surface area contributed by atoms with Crippen LogP contribution in [-0.4, -0.2) is 9.97 Å². The maximum absolute atomic E-state index is 6.16. The Morgan fingerprint density at radius 1 is 1.11 bits per heavy atom. The van der Waals surface area contributed by atoms with Crippen molar-refractivity contribution >= 4 is 39.1 Å². The molecule has 1 aromatic heterocycles. The molecule has 0 unspecified atom stereocenters. The summed E-state index contributed by atoms with van der Waals surface area (Å²) >= 11 is 15.8. The summed E-state index contributed by atoms with van der Waals surface area (Å²) in [5.41, 5.74) is 1.81. The van der Waals surface area contributed by atoms with Gasteiger partial charge in [0.2, 0.25) is 0 Å². The van der Waals surface area contributed by atoms with Crippen LogP contribution in [0.2, 0.25) is 10.2 Å². The lowest BCUT2D eigenvalue weighted by atomic mass is 10.2. The number of rotatable bonds is 2. The third-order valence-electron chi connectivity index (χ3n) is 2.92. The highest BCUT2D eigenvalue weighted by Crippen LogP contribution is 2.44. The lowest BCUT2D eigenvalue weighted by Gasteiger charge is -2.08. The zero-order valence-electron chi connectivity index (χ0n) is 9.33. The van der Waals surface area contributed by atoms with Gasteiger partial charge in [0.05, 0.1) is 15.2 Å². The van der Waals surface area contributed by atoms with Gasteiger partial charge in [0, 0.05) is 11.5 Å². The molecule has 0 amide bonds. The van der Waals surface area contributed by atoms with E-state index in [9.17, 15) is 0 Å². The van der Waals surface area contributed by atoms with Gasteiger partial charge in [0.25, 0.3) is 0 Å². The lowest BCUT2D eigenvalue weighted by Crippen LogP contribution is -1.97. The van der Waals surface area contributed by atoms with Gasteiger partial charge in [-0.2, -0.15) is 0 Å². The minimum Gasteiger partial charge on any atom is -0.231 e. The molecule has 0 N–H and O–H groups in total. The summed E-state index contributed by atoms with van der Waals surface area (Å²) in [6.07, 6.45) is 2.32. The predicted octanol–water partition coefficient (Wildman–Crippen LogP) is 5.09. The summed E-state index contributed by atoms with van der Waals surface area (Å²) in [5.74, 6) is 1.09. The second kappa shape index (κ2) is 4.80. The Hall–Kier alpha value is -0.640. The molecule has 1 aliphatic carbocycles. The average molecular weight is 344 g/mol. The van der Waals surface area contributed by atoms with Gasteiger partial charge in [-0.1, -0.05) is 35.3 Å². The molecule has 5 heteroatoms. The molecule has 0 atom stereocenters. The number of hydrogen-bond acceptors (Lipinski definition) is 2. The van der Waals surface area contributed by atoms with E-state index in [-0.39, 0.29) is 0 Å². The fourth-order valence-electron chi connectivity index (χ4n) is 1.83. The van der Waals surface area contributed by atoms with Gasteiger partial charge in [0.1, 0.15) is 5.15 Å². The van der Waals surface area contributed by atoms with Crippen molar-refractivity contribution in [2.45, 2.75) is 18.8 Å². The third-order valence-corrected chi connectivity index (χ3v) is 4.53. The van der Waals surface area contributed by atoms with Crippen molar-refractivity contribution in [1.29, 1.82) is 0 Å². The Labute approximate surface area is 123 Å². The minimum absolute atomic E-state index is 0.446. The van der Waals surface area contributed by atoms with Gasteiger partial charge in [-0.3, -0.25) is 0 Å². The van der Waals surface area contributed by atoms with Crippen LogP contribution < -0.4 is 0 Å². The summed E-state index contributed by atoms with van der Waals surface area (Å²) in [6, 6.07) is 7.52. The van der Waals surface area contributed by atoms with Crippen molar-refractivity contribution in [3.63, 3.8) is 0 Å². The molecule has 3 rings (SSSR count). The molecule has 1 aliphatic rings. The first kappa shape index (κ1) is 12.4. The van der Waals surface area contributed by atoms with Crippen LogP contribution in [0.4, 0.5) is 0 Å². The fourth-order valence-corrected chi connectivity index (χ4v) is 2.72. The summed E-state index contributed by atoms with van der Waals surface area (Å²) < 4.78 is 0.808.